The number of carbonyl (C=O) groups excluding carboxylic acids is 3. The van der Waals surface area contributed by atoms with Gasteiger partial charge in [0, 0.05) is 24.7 Å². The molecule has 0 aliphatic carbocycles. The topological polar surface area (TPSA) is 92.5 Å². The second-order valence-corrected chi connectivity index (χ2v) is 6.35. The number of nitrogens with zero attached hydrogens (tertiary/aromatic N) is 1. The van der Waals surface area contributed by atoms with Crippen molar-refractivity contribution in [3.8, 4) is 0 Å². The smallest absolute Gasteiger partial charge is 0.244 e. The van der Waals surface area contributed by atoms with Gasteiger partial charge in [-0.3, -0.25) is 14.4 Å². The first kappa shape index (κ1) is 18.7. The van der Waals surface area contributed by atoms with E-state index < -0.39 is 11.9 Å². The van der Waals surface area contributed by atoms with E-state index in [1.165, 1.54) is 6.08 Å². The first-order chi connectivity index (χ1) is 11.9. The third-order valence-corrected chi connectivity index (χ3v) is 4.52. The van der Waals surface area contributed by atoms with Crippen molar-refractivity contribution in [1.29, 1.82) is 0 Å². The summed E-state index contributed by atoms with van der Waals surface area (Å²) in [7, 11) is 0. The van der Waals surface area contributed by atoms with Crippen molar-refractivity contribution in [2.24, 2.45) is 11.7 Å². The van der Waals surface area contributed by atoms with Crippen LogP contribution in [0.4, 0.5) is 5.69 Å². The van der Waals surface area contributed by atoms with Crippen molar-refractivity contribution in [1.82, 2.24) is 5.32 Å². The fourth-order valence-corrected chi connectivity index (χ4v) is 2.79. The molecule has 1 aliphatic rings. The van der Waals surface area contributed by atoms with Gasteiger partial charge in [-0.05, 0) is 36.1 Å². The number of anilines is 1. The molecule has 0 spiro atoms. The Labute approximate surface area is 148 Å². The number of primary amides is 1. The van der Waals surface area contributed by atoms with E-state index in [4.69, 9.17) is 5.73 Å². The molecule has 2 unspecified atom stereocenters. The van der Waals surface area contributed by atoms with Gasteiger partial charge in [0.05, 0.1) is 0 Å². The second-order valence-electron chi connectivity index (χ2n) is 6.35. The van der Waals surface area contributed by atoms with Crippen LogP contribution in [0.1, 0.15) is 38.7 Å². The predicted octanol–water partition coefficient (Wildman–Crippen LogP) is 1.84. The molecule has 1 aromatic carbocycles. The lowest BCUT2D eigenvalue weighted by Gasteiger charge is -2.20. The molecule has 0 aromatic heterocycles. The Morgan fingerprint density at radius 1 is 1.32 bits per heavy atom. The summed E-state index contributed by atoms with van der Waals surface area (Å²) in [6, 6.07) is 6.76. The van der Waals surface area contributed by atoms with Gasteiger partial charge in [-0.15, -0.1) is 0 Å². The quantitative estimate of drug-likeness (QED) is 0.740. The fourth-order valence-electron chi connectivity index (χ4n) is 2.79. The predicted molar refractivity (Wildman–Crippen MR) is 97.6 cm³/mol. The molecule has 6 heteroatoms. The molecule has 0 saturated carbocycles. The van der Waals surface area contributed by atoms with Crippen LogP contribution in [0.15, 0.2) is 30.3 Å². The van der Waals surface area contributed by atoms with E-state index >= 15 is 0 Å². The zero-order valence-corrected chi connectivity index (χ0v) is 14.7. The highest BCUT2D eigenvalue weighted by Gasteiger charge is 2.23. The zero-order valence-electron chi connectivity index (χ0n) is 14.7. The number of rotatable bonds is 7. The molecule has 25 heavy (non-hydrogen) atoms. The average molecular weight is 343 g/mol. The zero-order chi connectivity index (χ0) is 18.4. The summed E-state index contributed by atoms with van der Waals surface area (Å²) >= 11 is 0. The normalized spacial score (nSPS) is 16.9. The lowest BCUT2D eigenvalue weighted by Crippen LogP contribution is -2.47. The maximum atomic E-state index is 12.0. The largest absolute Gasteiger partial charge is 0.368 e. The maximum absolute atomic E-state index is 12.0. The average Bonchev–Trinajstić information content (AvgIpc) is 3.03. The van der Waals surface area contributed by atoms with E-state index in [2.05, 4.69) is 5.32 Å². The minimum atomic E-state index is -0.675. The molecule has 3 N–H and O–H groups in total. The molecule has 1 aliphatic heterocycles. The summed E-state index contributed by atoms with van der Waals surface area (Å²) in [5.74, 6) is -0.768. The fraction of sp³-hybridized carbons (Fsp3) is 0.421. The number of hydrogen-bond acceptors (Lipinski definition) is 3. The second kappa shape index (κ2) is 8.46. The lowest BCUT2D eigenvalue weighted by molar-refractivity contribution is -0.126. The van der Waals surface area contributed by atoms with Gasteiger partial charge in [-0.25, -0.2) is 0 Å². The molecule has 1 heterocycles. The van der Waals surface area contributed by atoms with Crippen molar-refractivity contribution in [3.63, 3.8) is 0 Å². The van der Waals surface area contributed by atoms with Crippen LogP contribution in [0.5, 0.6) is 0 Å². The summed E-state index contributed by atoms with van der Waals surface area (Å²) in [6.07, 6.45) is 5.28. The summed E-state index contributed by atoms with van der Waals surface area (Å²) in [5, 5.41) is 2.65. The monoisotopic (exact) mass is 343 g/mol. The van der Waals surface area contributed by atoms with Gasteiger partial charge in [0.15, 0.2) is 0 Å². The van der Waals surface area contributed by atoms with Crippen molar-refractivity contribution in [2.45, 2.75) is 39.2 Å². The van der Waals surface area contributed by atoms with E-state index in [1.807, 2.05) is 38.1 Å². The molecule has 6 nitrogen and oxygen atoms in total. The highest BCUT2D eigenvalue weighted by molar-refractivity contribution is 5.96. The molecular formula is C19H25N3O3. The van der Waals surface area contributed by atoms with Crippen LogP contribution in [-0.2, 0) is 14.4 Å². The summed E-state index contributed by atoms with van der Waals surface area (Å²) in [5.41, 5.74) is 7.05. The Morgan fingerprint density at radius 2 is 2.00 bits per heavy atom. The molecule has 3 amide bonds. The molecule has 2 rings (SSSR count). The summed E-state index contributed by atoms with van der Waals surface area (Å²) < 4.78 is 0. The molecule has 2 atom stereocenters. The van der Waals surface area contributed by atoms with Crippen molar-refractivity contribution >= 4 is 29.5 Å². The lowest BCUT2D eigenvalue weighted by atomic mass is 9.98. The van der Waals surface area contributed by atoms with Crippen molar-refractivity contribution in [2.75, 3.05) is 11.4 Å². The summed E-state index contributed by atoms with van der Waals surface area (Å²) in [4.78, 5) is 37.0. The Bertz CT molecular complexity index is 667. The van der Waals surface area contributed by atoms with Gasteiger partial charge in [0.25, 0.3) is 0 Å². The van der Waals surface area contributed by atoms with Crippen LogP contribution in [-0.4, -0.2) is 30.3 Å². The van der Waals surface area contributed by atoms with E-state index in [9.17, 15) is 14.4 Å². The Balaban J connectivity index is 1.97. The number of nitrogens with one attached hydrogen (secondary N) is 1. The third-order valence-electron chi connectivity index (χ3n) is 4.52. The highest BCUT2D eigenvalue weighted by atomic mass is 16.2. The van der Waals surface area contributed by atoms with Gasteiger partial charge in [0.1, 0.15) is 6.04 Å². The minimum Gasteiger partial charge on any atom is -0.368 e. The maximum Gasteiger partial charge on any atom is 0.244 e. The van der Waals surface area contributed by atoms with Gasteiger partial charge >= 0.3 is 0 Å². The molecule has 0 radical (unpaired) electrons. The summed E-state index contributed by atoms with van der Waals surface area (Å²) in [6.45, 7) is 4.56. The molecular weight excluding hydrogens is 318 g/mol. The standard InChI is InChI=1S/C19H25N3O3/c1-3-13(2)18(19(20)25)21-16(23)11-8-14-6-9-15(10-7-14)22-12-4-5-17(22)24/h6-11,13,18H,3-5,12H2,1-2H3,(H2,20,25)(H,21,23). The number of amides is 3. The van der Waals surface area contributed by atoms with Crippen LogP contribution < -0.4 is 16.0 Å². The van der Waals surface area contributed by atoms with E-state index in [0.717, 1.165) is 30.6 Å². The number of benzene rings is 1. The van der Waals surface area contributed by atoms with Crippen LogP contribution in [0.2, 0.25) is 0 Å². The van der Waals surface area contributed by atoms with Gasteiger partial charge in [-0.2, -0.15) is 0 Å². The Hall–Kier alpha value is -2.63. The van der Waals surface area contributed by atoms with E-state index in [0.29, 0.717) is 6.42 Å². The SMILES string of the molecule is CCC(C)C(NC(=O)C=Cc1ccc(N2CCCC2=O)cc1)C(N)=O. The molecule has 1 aromatic rings. The number of hydrogen-bond donors (Lipinski definition) is 2. The molecule has 1 fully saturated rings. The van der Waals surface area contributed by atoms with Crippen LogP contribution in [0.25, 0.3) is 6.08 Å². The van der Waals surface area contributed by atoms with Gasteiger partial charge < -0.3 is 16.0 Å². The minimum absolute atomic E-state index is 0.0212. The number of nitrogens with two attached hydrogens (primary N) is 1. The molecule has 1 saturated heterocycles. The van der Waals surface area contributed by atoms with E-state index in [1.54, 1.807) is 11.0 Å². The third kappa shape index (κ3) is 4.92. The van der Waals surface area contributed by atoms with Crippen molar-refractivity contribution < 1.29 is 14.4 Å². The van der Waals surface area contributed by atoms with Gasteiger partial charge in [0.2, 0.25) is 17.7 Å². The first-order valence-corrected chi connectivity index (χ1v) is 8.60. The van der Waals surface area contributed by atoms with Crippen LogP contribution in [0.3, 0.4) is 0 Å². The number of carbonyl (C=O) groups is 3. The highest BCUT2D eigenvalue weighted by Crippen LogP contribution is 2.21. The first-order valence-electron chi connectivity index (χ1n) is 8.60. The molecule has 0 bridgehead atoms. The van der Waals surface area contributed by atoms with Crippen LogP contribution in [0, 0.1) is 5.92 Å². The van der Waals surface area contributed by atoms with E-state index in [-0.39, 0.29) is 17.7 Å². The Kier molecular flexibility index (Phi) is 6.33. The molecule has 134 valence electrons. The van der Waals surface area contributed by atoms with Gasteiger partial charge in [-0.1, -0.05) is 32.4 Å². The van der Waals surface area contributed by atoms with Crippen molar-refractivity contribution in [3.05, 3.63) is 35.9 Å². The van der Waals surface area contributed by atoms with Crippen LogP contribution >= 0.6 is 0 Å². The Morgan fingerprint density at radius 3 is 2.52 bits per heavy atom.